The minimum Gasteiger partial charge on any atom is -0.340 e. The largest absolute Gasteiger partial charge is 0.340 e. The van der Waals surface area contributed by atoms with Gasteiger partial charge in [-0.2, -0.15) is 10.1 Å². The Bertz CT molecular complexity index is 1330. The fourth-order valence-electron chi connectivity index (χ4n) is 5.22. The average Bonchev–Trinajstić information content (AvgIpc) is 3.34. The van der Waals surface area contributed by atoms with Gasteiger partial charge in [-0.25, -0.2) is 4.98 Å². The smallest absolute Gasteiger partial charge is 0.254 e. The number of nitrogens with one attached hydrogen (secondary N) is 2. The van der Waals surface area contributed by atoms with Crippen LogP contribution in [0.4, 0.5) is 28.8 Å². The molecule has 172 valence electrons. The van der Waals surface area contributed by atoms with Crippen molar-refractivity contribution in [3.63, 3.8) is 0 Å². The highest BCUT2D eigenvalue weighted by molar-refractivity contribution is 6.09. The first-order valence-corrected chi connectivity index (χ1v) is 11.9. The average molecular weight is 454 g/mol. The molecule has 4 aromatic rings. The summed E-state index contributed by atoms with van der Waals surface area (Å²) in [7, 11) is 0. The van der Waals surface area contributed by atoms with E-state index in [2.05, 4.69) is 25.4 Å². The number of aromatic nitrogens is 4. The van der Waals surface area contributed by atoms with Crippen LogP contribution in [0.15, 0.2) is 60.9 Å². The summed E-state index contributed by atoms with van der Waals surface area (Å²) < 4.78 is 0. The Morgan fingerprint density at radius 3 is 2.68 bits per heavy atom. The molecule has 8 heteroatoms. The SMILES string of the molecule is C[C@H]1C(=O)N(c2ccccc2)c2cnc(Nc3ccc4[nH]ncc4c3)nc2N1C1CCCCC1. The van der Waals surface area contributed by atoms with E-state index >= 15 is 0 Å². The van der Waals surface area contributed by atoms with Gasteiger partial charge < -0.3 is 10.2 Å². The van der Waals surface area contributed by atoms with E-state index in [1.54, 1.807) is 17.3 Å². The van der Waals surface area contributed by atoms with E-state index in [4.69, 9.17) is 4.98 Å². The summed E-state index contributed by atoms with van der Waals surface area (Å²) in [6.07, 6.45) is 9.33. The summed E-state index contributed by atoms with van der Waals surface area (Å²) in [5.41, 5.74) is 3.43. The second-order valence-electron chi connectivity index (χ2n) is 9.08. The van der Waals surface area contributed by atoms with Crippen LogP contribution in [0.25, 0.3) is 10.9 Å². The molecule has 0 radical (unpaired) electrons. The first-order valence-electron chi connectivity index (χ1n) is 11.9. The molecule has 1 aliphatic carbocycles. The first-order chi connectivity index (χ1) is 16.7. The van der Waals surface area contributed by atoms with Crippen LogP contribution in [-0.4, -0.2) is 38.2 Å². The number of benzene rings is 2. The van der Waals surface area contributed by atoms with E-state index in [0.717, 1.165) is 46.6 Å². The van der Waals surface area contributed by atoms with Crippen molar-refractivity contribution < 1.29 is 4.79 Å². The van der Waals surface area contributed by atoms with Crippen molar-refractivity contribution in [1.82, 2.24) is 20.2 Å². The van der Waals surface area contributed by atoms with Crippen LogP contribution in [-0.2, 0) is 4.79 Å². The number of rotatable bonds is 4. The zero-order valence-corrected chi connectivity index (χ0v) is 19.1. The molecule has 3 heterocycles. The summed E-state index contributed by atoms with van der Waals surface area (Å²) in [5, 5.41) is 11.4. The van der Waals surface area contributed by atoms with Crippen molar-refractivity contribution in [2.24, 2.45) is 0 Å². The molecule has 2 aromatic carbocycles. The van der Waals surface area contributed by atoms with Crippen LogP contribution in [0.2, 0.25) is 0 Å². The number of fused-ring (bicyclic) bond motifs is 2. The van der Waals surface area contributed by atoms with Gasteiger partial charge in [0.25, 0.3) is 5.91 Å². The van der Waals surface area contributed by atoms with Gasteiger partial charge in [-0.05, 0) is 50.1 Å². The maximum atomic E-state index is 13.6. The van der Waals surface area contributed by atoms with Crippen molar-refractivity contribution in [2.45, 2.75) is 51.1 Å². The van der Waals surface area contributed by atoms with Gasteiger partial charge in [0.2, 0.25) is 5.95 Å². The third kappa shape index (κ3) is 3.55. The van der Waals surface area contributed by atoms with Gasteiger partial charge in [-0.15, -0.1) is 0 Å². The van der Waals surface area contributed by atoms with Gasteiger partial charge in [0.05, 0.1) is 17.9 Å². The van der Waals surface area contributed by atoms with Crippen molar-refractivity contribution in [2.75, 3.05) is 15.1 Å². The fraction of sp³-hybridized carbons (Fsp3) is 0.308. The lowest BCUT2D eigenvalue weighted by molar-refractivity contribution is -0.119. The Morgan fingerprint density at radius 2 is 1.85 bits per heavy atom. The minimum atomic E-state index is -0.305. The lowest BCUT2D eigenvalue weighted by atomic mass is 9.92. The lowest BCUT2D eigenvalue weighted by Crippen LogP contribution is -2.55. The van der Waals surface area contributed by atoms with Crippen molar-refractivity contribution in [1.29, 1.82) is 0 Å². The van der Waals surface area contributed by atoms with E-state index in [0.29, 0.717) is 12.0 Å². The lowest BCUT2D eigenvalue weighted by Gasteiger charge is -2.45. The van der Waals surface area contributed by atoms with E-state index in [1.807, 2.05) is 55.5 Å². The van der Waals surface area contributed by atoms with Gasteiger partial charge in [0.15, 0.2) is 5.82 Å². The second-order valence-corrected chi connectivity index (χ2v) is 9.08. The number of carbonyl (C=O) groups excluding carboxylic acids is 1. The van der Waals surface area contributed by atoms with Crippen LogP contribution in [0.5, 0.6) is 0 Å². The summed E-state index contributed by atoms with van der Waals surface area (Å²) in [6, 6.07) is 15.7. The maximum absolute atomic E-state index is 13.6. The number of hydrogen-bond donors (Lipinski definition) is 2. The van der Waals surface area contributed by atoms with Gasteiger partial charge in [-0.1, -0.05) is 37.5 Å². The van der Waals surface area contributed by atoms with E-state index in [-0.39, 0.29) is 11.9 Å². The van der Waals surface area contributed by atoms with E-state index in [9.17, 15) is 4.79 Å². The maximum Gasteiger partial charge on any atom is 0.254 e. The molecule has 8 nitrogen and oxygen atoms in total. The highest BCUT2D eigenvalue weighted by Crippen LogP contribution is 2.42. The molecular formula is C26H27N7O. The number of carbonyl (C=O) groups is 1. The quantitative estimate of drug-likeness (QED) is 0.436. The standard InChI is InChI=1S/C26H27N7O/c1-17-25(34)33(21-10-6-3-7-11-21)23-16-27-26(29-19-12-13-22-18(14-19)15-28-31-22)30-24(23)32(17)20-8-4-2-5-9-20/h3,6-7,10-17,20H,2,4-5,8-9H2,1H3,(H,28,31)(H,27,29,30)/t17-/m0/s1. The zero-order valence-electron chi connectivity index (χ0n) is 19.1. The van der Waals surface area contributed by atoms with Gasteiger partial charge in [-0.3, -0.25) is 14.8 Å². The third-order valence-electron chi connectivity index (χ3n) is 6.91. The second kappa shape index (κ2) is 8.44. The number of anilines is 5. The van der Waals surface area contributed by atoms with Crippen LogP contribution in [0, 0.1) is 0 Å². The molecule has 0 bridgehead atoms. The highest BCUT2D eigenvalue weighted by Gasteiger charge is 2.41. The number of para-hydroxylation sites is 1. The molecule has 1 saturated carbocycles. The normalized spacial score (nSPS) is 18.9. The molecule has 2 aliphatic rings. The van der Waals surface area contributed by atoms with Crippen LogP contribution < -0.4 is 15.1 Å². The Balaban J connectivity index is 1.43. The first kappa shape index (κ1) is 20.7. The predicted molar refractivity (Wildman–Crippen MR) is 134 cm³/mol. The molecule has 6 rings (SSSR count). The van der Waals surface area contributed by atoms with Crippen molar-refractivity contribution in [3.05, 3.63) is 60.9 Å². The molecule has 34 heavy (non-hydrogen) atoms. The van der Waals surface area contributed by atoms with Crippen molar-refractivity contribution in [3.8, 4) is 0 Å². The molecule has 2 aromatic heterocycles. The van der Waals surface area contributed by atoms with Gasteiger partial charge in [0.1, 0.15) is 11.7 Å². The molecule has 1 amide bonds. The van der Waals surface area contributed by atoms with Crippen molar-refractivity contribution >= 4 is 45.6 Å². The Labute approximate surface area is 198 Å². The highest BCUT2D eigenvalue weighted by atomic mass is 16.2. The molecule has 1 fully saturated rings. The van der Waals surface area contributed by atoms with Gasteiger partial charge >= 0.3 is 0 Å². The molecule has 0 saturated heterocycles. The number of H-pyrrole nitrogens is 1. The molecule has 2 N–H and O–H groups in total. The summed E-state index contributed by atoms with van der Waals surface area (Å²) in [4.78, 5) is 27.2. The topological polar surface area (TPSA) is 90.0 Å². The van der Waals surface area contributed by atoms with Crippen LogP contribution in [0.3, 0.4) is 0 Å². The van der Waals surface area contributed by atoms with Crippen LogP contribution in [0.1, 0.15) is 39.0 Å². The number of aromatic amines is 1. The third-order valence-corrected chi connectivity index (χ3v) is 6.91. The zero-order chi connectivity index (χ0) is 23.1. The summed E-state index contributed by atoms with van der Waals surface area (Å²) in [6.45, 7) is 2.00. The molecule has 1 atom stereocenters. The Hall–Kier alpha value is -3.94. The number of hydrogen-bond acceptors (Lipinski definition) is 6. The van der Waals surface area contributed by atoms with E-state index in [1.165, 1.54) is 19.3 Å². The monoisotopic (exact) mass is 453 g/mol. The van der Waals surface area contributed by atoms with Crippen LogP contribution >= 0.6 is 0 Å². The summed E-state index contributed by atoms with van der Waals surface area (Å²) in [5.74, 6) is 1.38. The molecule has 1 aliphatic heterocycles. The number of nitrogens with zero attached hydrogens (tertiary/aromatic N) is 5. The van der Waals surface area contributed by atoms with Gasteiger partial charge in [0, 0.05) is 22.8 Å². The Kier molecular flexibility index (Phi) is 5.13. The predicted octanol–water partition coefficient (Wildman–Crippen LogP) is 5.30. The molecule has 0 spiro atoms. The minimum absolute atomic E-state index is 0.0546. The molecule has 0 unspecified atom stereocenters. The Morgan fingerprint density at radius 1 is 1.03 bits per heavy atom. The number of amides is 1. The fourth-order valence-corrected chi connectivity index (χ4v) is 5.22. The summed E-state index contributed by atoms with van der Waals surface area (Å²) >= 11 is 0. The molecular weight excluding hydrogens is 426 g/mol. The van der Waals surface area contributed by atoms with E-state index < -0.39 is 0 Å².